The predicted octanol–water partition coefficient (Wildman–Crippen LogP) is 4.62. The predicted molar refractivity (Wildman–Crippen MR) is 124 cm³/mol. The van der Waals surface area contributed by atoms with E-state index in [0.29, 0.717) is 24.4 Å². The smallest absolute Gasteiger partial charge is 0.338 e. The van der Waals surface area contributed by atoms with Crippen LogP contribution in [0.4, 0.5) is 5.69 Å². The molecule has 0 aliphatic heterocycles. The molecule has 0 aliphatic carbocycles. The summed E-state index contributed by atoms with van der Waals surface area (Å²) in [5.41, 5.74) is 1.93. The molecule has 0 unspecified atom stereocenters. The Balaban J connectivity index is 1.86. The van der Waals surface area contributed by atoms with Gasteiger partial charge in [0.15, 0.2) is 0 Å². The van der Waals surface area contributed by atoms with Gasteiger partial charge in [0.2, 0.25) is 5.91 Å². The van der Waals surface area contributed by atoms with Gasteiger partial charge >= 0.3 is 5.97 Å². The molecule has 1 N–H and O–H groups in total. The molecule has 6 nitrogen and oxygen atoms in total. The molecule has 31 heavy (non-hydrogen) atoms. The van der Waals surface area contributed by atoms with Gasteiger partial charge < -0.3 is 19.7 Å². The molecule has 0 atom stereocenters. The largest absolute Gasteiger partial charge is 0.491 e. The molecule has 0 saturated heterocycles. The van der Waals surface area contributed by atoms with Crippen LogP contribution in [0.5, 0.6) is 5.75 Å². The van der Waals surface area contributed by atoms with E-state index in [0.717, 1.165) is 24.4 Å². The highest BCUT2D eigenvalue weighted by atomic mass is 16.5. The first-order chi connectivity index (χ1) is 14.9. The van der Waals surface area contributed by atoms with Crippen LogP contribution in [0.3, 0.4) is 0 Å². The molecule has 0 heterocycles. The molecule has 0 fully saturated rings. The Bertz CT molecular complexity index is 871. The van der Waals surface area contributed by atoms with Crippen LogP contribution >= 0.6 is 0 Å². The highest BCUT2D eigenvalue weighted by Crippen LogP contribution is 2.16. The first-order valence-corrected chi connectivity index (χ1v) is 10.7. The van der Waals surface area contributed by atoms with Crippen molar-refractivity contribution in [2.75, 3.05) is 31.6 Å². The second-order valence-electron chi connectivity index (χ2n) is 7.30. The van der Waals surface area contributed by atoms with Crippen LogP contribution in [0, 0.1) is 0 Å². The first kappa shape index (κ1) is 24.2. The Hall–Kier alpha value is -3.12. The van der Waals surface area contributed by atoms with E-state index < -0.39 is 0 Å². The van der Waals surface area contributed by atoms with Crippen molar-refractivity contribution in [1.82, 2.24) is 4.90 Å². The summed E-state index contributed by atoms with van der Waals surface area (Å²) in [6, 6.07) is 14.2. The number of rotatable bonds is 11. The van der Waals surface area contributed by atoms with Gasteiger partial charge in [0, 0.05) is 18.3 Å². The number of carbonyl (C=O) groups is 2. The van der Waals surface area contributed by atoms with Gasteiger partial charge in [0.1, 0.15) is 12.4 Å². The van der Waals surface area contributed by atoms with Crippen LogP contribution in [0.15, 0.2) is 54.6 Å². The van der Waals surface area contributed by atoms with Crippen LogP contribution in [0.25, 0.3) is 6.08 Å². The van der Waals surface area contributed by atoms with E-state index in [1.807, 2.05) is 38.1 Å². The third-order valence-corrected chi connectivity index (χ3v) is 4.58. The van der Waals surface area contributed by atoms with Gasteiger partial charge in [-0.1, -0.05) is 26.0 Å². The molecule has 1 amide bonds. The molecule has 2 rings (SSSR count). The lowest BCUT2D eigenvalue weighted by molar-refractivity contribution is -0.111. The molecule has 0 aliphatic rings. The number of esters is 1. The normalized spacial score (nSPS) is 11.2. The summed E-state index contributed by atoms with van der Waals surface area (Å²) in [5, 5.41) is 2.78. The summed E-state index contributed by atoms with van der Waals surface area (Å²) >= 11 is 0. The Morgan fingerprint density at radius 2 is 1.77 bits per heavy atom. The number of hydrogen-bond donors (Lipinski definition) is 1. The van der Waals surface area contributed by atoms with Gasteiger partial charge in [-0.2, -0.15) is 0 Å². The molecular weight excluding hydrogens is 392 g/mol. The van der Waals surface area contributed by atoms with Crippen molar-refractivity contribution >= 4 is 23.6 Å². The standard InChI is InChI=1S/C25H32N2O4/c1-5-27(6-2)16-17-30-25(29)21-11-13-22(14-12-21)26-24(28)15-10-20-8-7-9-23(18-20)31-19(3)4/h7-15,18-19H,5-6,16-17H2,1-4H3,(H,26,28)/b15-10+. The van der Waals surface area contributed by atoms with Crippen LogP contribution in [-0.4, -0.2) is 49.1 Å². The maximum atomic E-state index is 12.2. The van der Waals surface area contributed by atoms with Crippen LogP contribution in [-0.2, 0) is 9.53 Å². The van der Waals surface area contributed by atoms with Crippen molar-refractivity contribution in [3.8, 4) is 5.75 Å². The lowest BCUT2D eigenvalue weighted by Gasteiger charge is -2.17. The molecule has 0 aromatic heterocycles. The van der Waals surface area contributed by atoms with Crippen molar-refractivity contribution in [2.45, 2.75) is 33.8 Å². The number of anilines is 1. The maximum absolute atomic E-state index is 12.2. The van der Waals surface area contributed by atoms with Gasteiger partial charge in [-0.05, 0) is 75.0 Å². The Labute approximate surface area is 184 Å². The SMILES string of the molecule is CCN(CC)CCOC(=O)c1ccc(NC(=O)/C=C/c2cccc(OC(C)C)c2)cc1. The van der Waals surface area contributed by atoms with Crippen molar-refractivity contribution < 1.29 is 19.1 Å². The third kappa shape index (κ3) is 8.64. The minimum atomic E-state index is -0.367. The quantitative estimate of drug-likeness (QED) is 0.421. The lowest BCUT2D eigenvalue weighted by Crippen LogP contribution is -2.27. The molecule has 0 radical (unpaired) electrons. The van der Waals surface area contributed by atoms with E-state index in [1.54, 1.807) is 30.3 Å². The van der Waals surface area contributed by atoms with E-state index in [4.69, 9.17) is 9.47 Å². The Morgan fingerprint density at radius 3 is 2.42 bits per heavy atom. The van der Waals surface area contributed by atoms with E-state index in [-0.39, 0.29) is 18.0 Å². The number of benzene rings is 2. The van der Waals surface area contributed by atoms with Gasteiger partial charge in [-0.3, -0.25) is 4.79 Å². The summed E-state index contributed by atoms with van der Waals surface area (Å²) in [7, 11) is 0. The average Bonchev–Trinajstić information content (AvgIpc) is 2.75. The van der Waals surface area contributed by atoms with E-state index in [1.165, 1.54) is 6.08 Å². The first-order valence-electron chi connectivity index (χ1n) is 10.7. The van der Waals surface area contributed by atoms with E-state index in [2.05, 4.69) is 24.1 Å². The highest BCUT2D eigenvalue weighted by molar-refractivity contribution is 6.02. The zero-order valence-electron chi connectivity index (χ0n) is 18.8. The number of likely N-dealkylation sites (N-methyl/N-ethyl adjacent to an activating group) is 1. The molecule has 0 spiro atoms. The summed E-state index contributed by atoms with van der Waals surface area (Å²) in [4.78, 5) is 26.5. The summed E-state index contributed by atoms with van der Waals surface area (Å²) in [5.74, 6) is 0.135. The summed E-state index contributed by atoms with van der Waals surface area (Å²) in [6.45, 7) is 11.0. The topological polar surface area (TPSA) is 67.9 Å². The van der Waals surface area contributed by atoms with Gasteiger partial charge in [0.05, 0.1) is 11.7 Å². The van der Waals surface area contributed by atoms with Crippen molar-refractivity contribution in [2.24, 2.45) is 0 Å². The third-order valence-electron chi connectivity index (χ3n) is 4.58. The molecule has 6 heteroatoms. The fourth-order valence-electron chi connectivity index (χ4n) is 2.90. The number of nitrogens with zero attached hydrogens (tertiary/aromatic N) is 1. The van der Waals surface area contributed by atoms with Gasteiger partial charge in [-0.15, -0.1) is 0 Å². The lowest BCUT2D eigenvalue weighted by atomic mass is 10.2. The monoisotopic (exact) mass is 424 g/mol. The summed E-state index contributed by atoms with van der Waals surface area (Å²) in [6.07, 6.45) is 3.28. The zero-order chi connectivity index (χ0) is 22.6. The molecule has 0 saturated carbocycles. The Morgan fingerprint density at radius 1 is 1.06 bits per heavy atom. The zero-order valence-corrected chi connectivity index (χ0v) is 18.8. The van der Waals surface area contributed by atoms with E-state index in [9.17, 15) is 9.59 Å². The number of nitrogens with one attached hydrogen (secondary N) is 1. The number of amides is 1. The number of ether oxygens (including phenoxy) is 2. The van der Waals surface area contributed by atoms with Crippen LogP contribution in [0.1, 0.15) is 43.6 Å². The minimum Gasteiger partial charge on any atom is -0.491 e. The maximum Gasteiger partial charge on any atom is 0.338 e. The van der Waals surface area contributed by atoms with E-state index >= 15 is 0 Å². The highest BCUT2D eigenvalue weighted by Gasteiger charge is 2.08. The second kappa shape index (κ2) is 12.5. The molecular formula is C25H32N2O4. The fourth-order valence-corrected chi connectivity index (χ4v) is 2.90. The number of carbonyl (C=O) groups excluding carboxylic acids is 2. The van der Waals surface area contributed by atoms with Crippen LogP contribution < -0.4 is 10.1 Å². The van der Waals surface area contributed by atoms with Crippen molar-refractivity contribution in [3.63, 3.8) is 0 Å². The van der Waals surface area contributed by atoms with Crippen LogP contribution in [0.2, 0.25) is 0 Å². The molecule has 0 bridgehead atoms. The molecule has 2 aromatic rings. The Kier molecular flexibility index (Phi) is 9.78. The average molecular weight is 425 g/mol. The van der Waals surface area contributed by atoms with Gasteiger partial charge in [0.25, 0.3) is 0 Å². The fraction of sp³-hybridized carbons (Fsp3) is 0.360. The van der Waals surface area contributed by atoms with Gasteiger partial charge in [-0.25, -0.2) is 4.79 Å². The van der Waals surface area contributed by atoms with Crippen molar-refractivity contribution in [1.29, 1.82) is 0 Å². The number of hydrogen-bond acceptors (Lipinski definition) is 5. The minimum absolute atomic E-state index is 0.0881. The van der Waals surface area contributed by atoms with Crippen molar-refractivity contribution in [3.05, 3.63) is 65.7 Å². The summed E-state index contributed by atoms with van der Waals surface area (Å²) < 4.78 is 11.0. The molecule has 2 aromatic carbocycles. The molecule has 166 valence electrons. The second-order valence-corrected chi connectivity index (χ2v) is 7.30.